The molecule has 5 aromatic rings. The third-order valence-electron chi connectivity index (χ3n) is 6.87. The van der Waals surface area contributed by atoms with E-state index in [1.807, 2.05) is 0 Å². The molecule has 0 bridgehead atoms. The standard InChI is InChI=1S/C34H24F6/c1-21-15-17-24(18-16-21)30-28(26-13-6-7-14-29(26)33(35,36)37)20-27(23-10-4-3-5-11-23)31(32(30)34(38,39)40)25-12-8-9-22(2)19-25/h3-20H,1-2H3. The Morgan fingerprint density at radius 3 is 1.65 bits per heavy atom. The van der Waals surface area contributed by atoms with E-state index in [0.29, 0.717) is 11.1 Å². The topological polar surface area (TPSA) is 0 Å². The molecule has 6 heteroatoms. The molecular weight excluding hydrogens is 522 g/mol. The minimum atomic E-state index is -4.90. The predicted octanol–water partition coefficient (Wildman–Crippen LogP) is 11.0. The fraction of sp³-hybridized carbons (Fsp3) is 0.118. The average Bonchev–Trinajstić information content (AvgIpc) is 2.92. The smallest absolute Gasteiger partial charge is 0.166 e. The number of aryl methyl sites for hydroxylation is 2. The molecular formula is C34H24F6. The van der Waals surface area contributed by atoms with E-state index in [1.54, 1.807) is 80.6 Å². The Bertz CT molecular complexity index is 1660. The molecule has 0 nitrogen and oxygen atoms in total. The lowest BCUT2D eigenvalue weighted by Gasteiger charge is -2.26. The van der Waals surface area contributed by atoms with Crippen LogP contribution in [0.4, 0.5) is 26.3 Å². The van der Waals surface area contributed by atoms with Gasteiger partial charge in [-0.1, -0.05) is 108 Å². The van der Waals surface area contributed by atoms with Gasteiger partial charge in [-0.2, -0.15) is 26.3 Å². The molecule has 0 atom stereocenters. The van der Waals surface area contributed by atoms with Gasteiger partial charge in [0.05, 0.1) is 11.1 Å². The Balaban J connectivity index is 2.05. The largest absolute Gasteiger partial charge is 0.417 e. The second-order valence-electron chi connectivity index (χ2n) is 9.74. The zero-order valence-corrected chi connectivity index (χ0v) is 21.7. The molecule has 0 N–H and O–H groups in total. The van der Waals surface area contributed by atoms with E-state index < -0.39 is 23.5 Å². The molecule has 0 aliphatic heterocycles. The van der Waals surface area contributed by atoms with E-state index in [9.17, 15) is 13.2 Å². The van der Waals surface area contributed by atoms with Gasteiger partial charge in [-0.25, -0.2) is 0 Å². The van der Waals surface area contributed by atoms with Gasteiger partial charge in [-0.15, -0.1) is 0 Å². The molecule has 0 aromatic heterocycles. The first-order chi connectivity index (χ1) is 18.9. The van der Waals surface area contributed by atoms with Gasteiger partial charge in [0.25, 0.3) is 0 Å². The fourth-order valence-electron chi connectivity index (χ4n) is 5.11. The zero-order chi connectivity index (χ0) is 28.7. The Hall–Kier alpha value is -4.32. The minimum absolute atomic E-state index is 0.0776. The van der Waals surface area contributed by atoms with Gasteiger partial charge < -0.3 is 0 Å². The van der Waals surface area contributed by atoms with Crippen molar-refractivity contribution in [3.8, 4) is 44.5 Å². The number of halogens is 6. The predicted molar refractivity (Wildman–Crippen MR) is 148 cm³/mol. The quantitative estimate of drug-likeness (QED) is 0.197. The van der Waals surface area contributed by atoms with Crippen molar-refractivity contribution in [3.63, 3.8) is 0 Å². The maximum atomic E-state index is 15.4. The summed E-state index contributed by atoms with van der Waals surface area (Å²) in [4.78, 5) is 0. The van der Waals surface area contributed by atoms with Crippen molar-refractivity contribution >= 4 is 0 Å². The first-order valence-corrected chi connectivity index (χ1v) is 12.6. The molecule has 0 heterocycles. The molecule has 0 amide bonds. The van der Waals surface area contributed by atoms with Crippen LogP contribution in [-0.2, 0) is 12.4 Å². The molecule has 40 heavy (non-hydrogen) atoms. The lowest BCUT2D eigenvalue weighted by Crippen LogP contribution is -2.13. The maximum Gasteiger partial charge on any atom is 0.417 e. The van der Waals surface area contributed by atoms with Crippen LogP contribution in [0.2, 0.25) is 0 Å². The van der Waals surface area contributed by atoms with Gasteiger partial charge in [0, 0.05) is 11.1 Å². The molecule has 0 spiro atoms. The summed E-state index contributed by atoms with van der Waals surface area (Å²) in [5, 5.41) is 0. The Labute approximate surface area is 228 Å². The molecule has 0 radical (unpaired) electrons. The van der Waals surface area contributed by atoms with Gasteiger partial charge in [-0.3, -0.25) is 0 Å². The number of rotatable bonds is 4. The van der Waals surface area contributed by atoms with Crippen molar-refractivity contribution in [2.75, 3.05) is 0 Å². The van der Waals surface area contributed by atoms with Crippen molar-refractivity contribution < 1.29 is 26.3 Å². The highest BCUT2D eigenvalue weighted by molar-refractivity contribution is 5.99. The summed E-state index contributed by atoms with van der Waals surface area (Å²) in [5.74, 6) is 0. The van der Waals surface area contributed by atoms with E-state index in [4.69, 9.17) is 0 Å². The third-order valence-corrected chi connectivity index (χ3v) is 6.87. The van der Waals surface area contributed by atoms with E-state index in [0.717, 1.165) is 17.2 Å². The SMILES string of the molecule is Cc1ccc(-c2c(-c3ccccc3C(F)(F)F)cc(-c3ccccc3)c(-c3cccc(C)c3)c2C(F)(F)F)cc1. The van der Waals surface area contributed by atoms with Crippen molar-refractivity contribution in [2.24, 2.45) is 0 Å². The number of alkyl halides is 6. The summed E-state index contributed by atoms with van der Waals surface area (Å²) in [5.41, 5.74) is -0.0628. The molecule has 202 valence electrons. The highest BCUT2D eigenvalue weighted by Gasteiger charge is 2.41. The van der Waals surface area contributed by atoms with Crippen LogP contribution in [0.15, 0.2) is 109 Å². The van der Waals surface area contributed by atoms with Gasteiger partial charge in [0.15, 0.2) is 0 Å². The van der Waals surface area contributed by atoms with Gasteiger partial charge in [-0.05, 0) is 59.4 Å². The lowest BCUT2D eigenvalue weighted by atomic mass is 9.79. The monoisotopic (exact) mass is 546 g/mol. The van der Waals surface area contributed by atoms with Crippen molar-refractivity contribution in [3.05, 3.63) is 131 Å². The highest BCUT2D eigenvalue weighted by atomic mass is 19.4. The molecule has 0 unspecified atom stereocenters. The zero-order valence-electron chi connectivity index (χ0n) is 21.7. The van der Waals surface area contributed by atoms with Crippen molar-refractivity contribution in [2.45, 2.75) is 26.2 Å². The first-order valence-electron chi connectivity index (χ1n) is 12.6. The van der Waals surface area contributed by atoms with Crippen LogP contribution >= 0.6 is 0 Å². The second kappa shape index (κ2) is 10.3. The first kappa shape index (κ1) is 27.3. The molecule has 0 saturated carbocycles. The summed E-state index contributed by atoms with van der Waals surface area (Å²) in [6.07, 6.45) is -9.67. The van der Waals surface area contributed by atoms with Gasteiger partial charge in [0.2, 0.25) is 0 Å². The minimum Gasteiger partial charge on any atom is -0.166 e. The second-order valence-corrected chi connectivity index (χ2v) is 9.74. The number of benzene rings is 5. The summed E-state index contributed by atoms with van der Waals surface area (Å²) in [6, 6.07) is 27.8. The van der Waals surface area contributed by atoms with E-state index >= 15 is 13.2 Å². The van der Waals surface area contributed by atoms with Gasteiger partial charge >= 0.3 is 12.4 Å². The van der Waals surface area contributed by atoms with Crippen LogP contribution in [0, 0.1) is 13.8 Å². The summed E-state index contributed by atoms with van der Waals surface area (Å²) >= 11 is 0. The Kier molecular flexibility index (Phi) is 7.05. The normalized spacial score (nSPS) is 12.0. The number of hydrogen-bond donors (Lipinski definition) is 0. The maximum absolute atomic E-state index is 15.4. The van der Waals surface area contributed by atoms with E-state index in [1.165, 1.54) is 36.4 Å². The van der Waals surface area contributed by atoms with Crippen molar-refractivity contribution in [1.29, 1.82) is 0 Å². The molecule has 0 fully saturated rings. The molecule has 0 aliphatic rings. The highest BCUT2D eigenvalue weighted by Crippen LogP contribution is 2.52. The molecule has 0 saturated heterocycles. The summed E-state index contributed by atoms with van der Waals surface area (Å²) in [6.45, 7) is 3.58. The lowest BCUT2D eigenvalue weighted by molar-refractivity contribution is -0.137. The summed E-state index contributed by atoms with van der Waals surface area (Å²) < 4.78 is 88.8. The Morgan fingerprint density at radius 2 is 1.02 bits per heavy atom. The molecule has 0 aliphatic carbocycles. The van der Waals surface area contributed by atoms with E-state index in [-0.39, 0.29) is 33.4 Å². The van der Waals surface area contributed by atoms with E-state index in [2.05, 4.69) is 0 Å². The molecule has 5 rings (SSSR count). The third kappa shape index (κ3) is 5.26. The van der Waals surface area contributed by atoms with Crippen LogP contribution in [0.25, 0.3) is 44.5 Å². The Morgan fingerprint density at radius 1 is 0.425 bits per heavy atom. The fourth-order valence-corrected chi connectivity index (χ4v) is 5.11. The van der Waals surface area contributed by atoms with Crippen LogP contribution in [0.1, 0.15) is 22.3 Å². The van der Waals surface area contributed by atoms with Crippen LogP contribution < -0.4 is 0 Å². The number of hydrogen-bond acceptors (Lipinski definition) is 0. The van der Waals surface area contributed by atoms with Crippen LogP contribution in [-0.4, -0.2) is 0 Å². The molecule has 5 aromatic carbocycles. The van der Waals surface area contributed by atoms with Crippen molar-refractivity contribution in [1.82, 2.24) is 0 Å². The van der Waals surface area contributed by atoms with Crippen LogP contribution in [0.5, 0.6) is 0 Å². The van der Waals surface area contributed by atoms with Gasteiger partial charge in [0.1, 0.15) is 0 Å². The average molecular weight is 547 g/mol. The van der Waals surface area contributed by atoms with Crippen LogP contribution in [0.3, 0.4) is 0 Å². The summed E-state index contributed by atoms with van der Waals surface area (Å²) in [7, 11) is 0.